The minimum atomic E-state index is -0.898. The first-order valence-corrected chi connectivity index (χ1v) is 6.06. The number of rotatable bonds is 3. The zero-order valence-corrected chi connectivity index (χ0v) is 9.57. The fourth-order valence-corrected chi connectivity index (χ4v) is 2.48. The van der Waals surface area contributed by atoms with E-state index in [0.717, 1.165) is 4.90 Å². The molecule has 13 heavy (non-hydrogen) atoms. The lowest BCUT2D eigenvalue weighted by molar-refractivity contribution is 0.682. The van der Waals surface area contributed by atoms with Crippen LogP contribution in [0.15, 0.2) is 29.2 Å². The van der Waals surface area contributed by atoms with Crippen molar-refractivity contribution in [2.24, 2.45) is 0 Å². The van der Waals surface area contributed by atoms with E-state index in [-0.39, 0.29) is 5.25 Å². The van der Waals surface area contributed by atoms with Crippen molar-refractivity contribution in [2.75, 3.05) is 5.75 Å². The molecule has 0 fully saturated rings. The van der Waals surface area contributed by atoms with Crippen LogP contribution in [0, 0.1) is 6.92 Å². The molecule has 0 saturated heterocycles. The molecule has 0 heterocycles. The summed E-state index contributed by atoms with van der Waals surface area (Å²) in [5.41, 5.74) is 1.19. The van der Waals surface area contributed by atoms with E-state index >= 15 is 0 Å². The summed E-state index contributed by atoms with van der Waals surface area (Å²) in [6.07, 6.45) is 0. The molecule has 0 bridgehead atoms. The van der Waals surface area contributed by atoms with Crippen LogP contribution in [-0.2, 0) is 10.8 Å². The van der Waals surface area contributed by atoms with Crippen molar-refractivity contribution < 1.29 is 4.21 Å². The van der Waals surface area contributed by atoms with Crippen molar-refractivity contribution in [3.05, 3.63) is 29.8 Å². The van der Waals surface area contributed by atoms with Crippen LogP contribution >= 0.6 is 12.6 Å². The summed E-state index contributed by atoms with van der Waals surface area (Å²) in [6, 6.07) is 7.80. The van der Waals surface area contributed by atoms with E-state index in [2.05, 4.69) is 12.6 Å². The van der Waals surface area contributed by atoms with Gasteiger partial charge in [0.1, 0.15) is 0 Å². The van der Waals surface area contributed by atoms with Gasteiger partial charge < -0.3 is 0 Å². The van der Waals surface area contributed by atoms with Gasteiger partial charge in [0.15, 0.2) is 0 Å². The minimum Gasteiger partial charge on any atom is -0.254 e. The van der Waals surface area contributed by atoms with Gasteiger partial charge in [-0.3, -0.25) is 4.21 Å². The predicted molar refractivity (Wildman–Crippen MR) is 60.9 cm³/mol. The van der Waals surface area contributed by atoms with Gasteiger partial charge in [-0.05, 0) is 19.1 Å². The van der Waals surface area contributed by atoms with E-state index in [1.54, 1.807) is 0 Å². The van der Waals surface area contributed by atoms with Gasteiger partial charge in [0.2, 0.25) is 0 Å². The highest BCUT2D eigenvalue weighted by Crippen LogP contribution is 2.10. The average Bonchev–Trinajstić information content (AvgIpc) is 2.04. The summed E-state index contributed by atoms with van der Waals surface area (Å²) in [4.78, 5) is 0.895. The summed E-state index contributed by atoms with van der Waals surface area (Å²) in [7, 11) is -0.898. The molecule has 1 aromatic carbocycles. The summed E-state index contributed by atoms with van der Waals surface area (Å²) in [6.45, 7) is 3.98. The third-order valence-electron chi connectivity index (χ3n) is 1.68. The molecule has 0 amide bonds. The van der Waals surface area contributed by atoms with Gasteiger partial charge in [-0.1, -0.05) is 24.6 Å². The Morgan fingerprint density at radius 3 is 2.38 bits per heavy atom. The van der Waals surface area contributed by atoms with Crippen LogP contribution in [-0.4, -0.2) is 15.2 Å². The lowest BCUT2D eigenvalue weighted by atomic mass is 10.2. The summed E-state index contributed by atoms with van der Waals surface area (Å²) in [5.74, 6) is 0.617. The molecule has 1 rings (SSSR count). The zero-order chi connectivity index (χ0) is 9.84. The van der Waals surface area contributed by atoms with Crippen molar-refractivity contribution in [3.63, 3.8) is 0 Å². The Balaban J connectivity index is 2.72. The molecule has 72 valence electrons. The Morgan fingerprint density at radius 1 is 1.38 bits per heavy atom. The van der Waals surface area contributed by atoms with Gasteiger partial charge in [-0.25, -0.2) is 0 Å². The Labute approximate surface area is 87.4 Å². The molecule has 0 aliphatic rings. The average molecular weight is 214 g/mol. The maximum absolute atomic E-state index is 11.6. The van der Waals surface area contributed by atoms with Crippen LogP contribution in [0.1, 0.15) is 12.5 Å². The van der Waals surface area contributed by atoms with E-state index < -0.39 is 10.8 Å². The second-order valence-electron chi connectivity index (χ2n) is 3.17. The molecule has 2 atom stereocenters. The van der Waals surface area contributed by atoms with Crippen molar-refractivity contribution >= 4 is 23.4 Å². The third kappa shape index (κ3) is 3.53. The molecule has 0 aliphatic carbocycles. The van der Waals surface area contributed by atoms with E-state index in [1.807, 2.05) is 38.1 Å². The Kier molecular flexibility index (Phi) is 4.00. The largest absolute Gasteiger partial charge is 0.254 e. The number of benzene rings is 1. The maximum Gasteiger partial charge on any atom is 0.0540 e. The fourth-order valence-electron chi connectivity index (χ4n) is 1.01. The summed E-state index contributed by atoms with van der Waals surface area (Å²) < 4.78 is 11.6. The van der Waals surface area contributed by atoms with E-state index in [0.29, 0.717) is 5.75 Å². The van der Waals surface area contributed by atoms with Gasteiger partial charge >= 0.3 is 0 Å². The zero-order valence-electron chi connectivity index (χ0n) is 7.86. The molecule has 0 radical (unpaired) electrons. The summed E-state index contributed by atoms with van der Waals surface area (Å²) >= 11 is 4.21. The highest BCUT2D eigenvalue weighted by atomic mass is 32.2. The van der Waals surface area contributed by atoms with Crippen molar-refractivity contribution in [1.82, 2.24) is 0 Å². The van der Waals surface area contributed by atoms with Crippen molar-refractivity contribution in [3.8, 4) is 0 Å². The number of thiol groups is 1. The van der Waals surface area contributed by atoms with Crippen LogP contribution in [0.25, 0.3) is 0 Å². The second kappa shape index (κ2) is 4.82. The fraction of sp³-hybridized carbons (Fsp3) is 0.400. The standard InChI is InChI=1S/C10H14OS2/c1-8-3-5-10(6-4-8)13(11)7-9(2)12/h3-6,9,12H,7H2,1-2H3/t9-,13?/m0/s1. The van der Waals surface area contributed by atoms with Crippen LogP contribution in [0.2, 0.25) is 0 Å². The van der Waals surface area contributed by atoms with E-state index in [9.17, 15) is 4.21 Å². The predicted octanol–water partition coefficient (Wildman–Crippen LogP) is 2.42. The monoisotopic (exact) mass is 214 g/mol. The molecule has 0 aromatic heterocycles. The second-order valence-corrected chi connectivity index (χ2v) is 5.55. The van der Waals surface area contributed by atoms with Gasteiger partial charge in [0.25, 0.3) is 0 Å². The van der Waals surface area contributed by atoms with E-state index in [4.69, 9.17) is 0 Å². The quantitative estimate of drug-likeness (QED) is 0.765. The van der Waals surface area contributed by atoms with Crippen LogP contribution < -0.4 is 0 Å². The SMILES string of the molecule is Cc1ccc(S(=O)C[C@H](C)S)cc1. The molecule has 1 unspecified atom stereocenters. The Morgan fingerprint density at radius 2 is 1.92 bits per heavy atom. The lowest BCUT2D eigenvalue weighted by Crippen LogP contribution is -2.07. The number of aryl methyl sites for hydroxylation is 1. The van der Waals surface area contributed by atoms with Crippen molar-refractivity contribution in [2.45, 2.75) is 24.0 Å². The number of hydrogen-bond donors (Lipinski definition) is 1. The normalized spacial score (nSPS) is 15.3. The van der Waals surface area contributed by atoms with Crippen LogP contribution in [0.3, 0.4) is 0 Å². The van der Waals surface area contributed by atoms with Gasteiger partial charge in [-0.2, -0.15) is 12.6 Å². The van der Waals surface area contributed by atoms with Gasteiger partial charge in [0.05, 0.1) is 10.8 Å². The smallest absolute Gasteiger partial charge is 0.0540 e. The molecule has 0 spiro atoms. The molecular formula is C10H14OS2. The first-order valence-electron chi connectivity index (χ1n) is 4.22. The Bertz CT molecular complexity index is 290. The van der Waals surface area contributed by atoms with E-state index in [1.165, 1.54) is 5.56 Å². The summed E-state index contributed by atoms with van der Waals surface area (Å²) in [5, 5.41) is 0.183. The highest BCUT2D eigenvalue weighted by molar-refractivity contribution is 7.87. The van der Waals surface area contributed by atoms with Crippen LogP contribution in [0.5, 0.6) is 0 Å². The molecule has 0 N–H and O–H groups in total. The highest BCUT2D eigenvalue weighted by Gasteiger charge is 2.05. The maximum atomic E-state index is 11.6. The Hall–Kier alpha value is -0.280. The molecule has 0 saturated carbocycles. The van der Waals surface area contributed by atoms with Gasteiger partial charge in [-0.15, -0.1) is 0 Å². The first-order chi connectivity index (χ1) is 6.09. The lowest BCUT2D eigenvalue weighted by Gasteiger charge is -2.04. The topological polar surface area (TPSA) is 17.1 Å². The minimum absolute atomic E-state index is 0.183. The molecule has 0 aliphatic heterocycles. The molecule has 1 nitrogen and oxygen atoms in total. The van der Waals surface area contributed by atoms with Crippen molar-refractivity contribution in [1.29, 1.82) is 0 Å². The molecule has 1 aromatic rings. The number of hydrogen-bond acceptors (Lipinski definition) is 2. The van der Waals surface area contributed by atoms with Gasteiger partial charge in [0, 0.05) is 15.9 Å². The molecular weight excluding hydrogens is 200 g/mol. The third-order valence-corrected chi connectivity index (χ3v) is 3.71. The molecule has 3 heteroatoms. The van der Waals surface area contributed by atoms with Crippen LogP contribution in [0.4, 0.5) is 0 Å². The first kappa shape index (κ1) is 10.8.